The van der Waals surface area contributed by atoms with Crippen LogP contribution in [0.2, 0.25) is 5.02 Å². The Balaban J connectivity index is 1.56. The van der Waals surface area contributed by atoms with Gasteiger partial charge in [-0.1, -0.05) is 18.2 Å². The molecule has 0 bridgehead atoms. The molecule has 3 N–H and O–H groups in total. The zero-order chi connectivity index (χ0) is 28.0. The number of hydrogen-bond acceptors (Lipinski definition) is 9. The Hall–Kier alpha value is -3.15. The average molecular weight is 562 g/mol. The predicted octanol–water partition coefficient (Wildman–Crippen LogP) is 4.01. The van der Waals surface area contributed by atoms with Crippen molar-refractivity contribution >= 4 is 40.5 Å². The second-order valence-corrected chi connectivity index (χ2v) is 10.5. The standard InChI is InChI=1S/C27H37ClFN7O3/c1-5-24(37)32-20-14-21(23(38-4)15-22(20)36-12-6-18(7-13-36)35(2)3)33-26-30-16-19(28)25(34-26)39-17-27(8-9-27)31-11-10-29/h5,14-16,18,31H,1,6-13,17H2,2-4H3,(H,32,37)(H,30,33,34). The van der Waals surface area contributed by atoms with Gasteiger partial charge in [0.15, 0.2) is 0 Å². The number of piperidine rings is 1. The number of anilines is 4. The number of carbonyl (C=O) groups excluding carboxylic acids is 1. The maximum absolute atomic E-state index is 12.6. The molecule has 2 aromatic rings. The van der Waals surface area contributed by atoms with Crippen molar-refractivity contribution < 1.29 is 18.7 Å². The van der Waals surface area contributed by atoms with Crippen LogP contribution in [0.5, 0.6) is 11.6 Å². The largest absolute Gasteiger partial charge is 0.494 e. The first-order valence-corrected chi connectivity index (χ1v) is 13.5. The molecule has 0 unspecified atom stereocenters. The lowest BCUT2D eigenvalue weighted by Gasteiger charge is -2.37. The Bertz CT molecular complexity index is 1170. The molecular formula is C27H37ClFN7O3. The first kappa shape index (κ1) is 28.8. The second-order valence-electron chi connectivity index (χ2n) is 10.1. The summed E-state index contributed by atoms with van der Waals surface area (Å²) in [6.45, 7) is 5.44. The SMILES string of the molecule is C=CC(=O)Nc1cc(Nc2ncc(Cl)c(OCC3(NCCF)CC3)n2)c(OC)cc1N1CCC(N(C)C)CC1. The fourth-order valence-electron chi connectivity index (χ4n) is 4.68. The highest BCUT2D eigenvalue weighted by Gasteiger charge is 2.43. The van der Waals surface area contributed by atoms with E-state index in [-0.39, 0.29) is 34.8 Å². The molecule has 1 aromatic carbocycles. The number of aromatic nitrogens is 2. The highest BCUT2D eigenvalue weighted by atomic mass is 35.5. The topological polar surface area (TPSA) is 104 Å². The van der Waals surface area contributed by atoms with E-state index in [1.165, 1.54) is 12.3 Å². The van der Waals surface area contributed by atoms with E-state index in [2.05, 4.69) is 56.4 Å². The van der Waals surface area contributed by atoms with Gasteiger partial charge in [0.05, 0.1) is 35.9 Å². The molecule has 2 heterocycles. The van der Waals surface area contributed by atoms with Crippen molar-refractivity contribution in [1.29, 1.82) is 0 Å². The van der Waals surface area contributed by atoms with Crippen LogP contribution in [-0.2, 0) is 4.79 Å². The minimum atomic E-state index is -0.436. The fraction of sp³-hybridized carbons (Fsp3) is 0.519. The summed E-state index contributed by atoms with van der Waals surface area (Å²) >= 11 is 6.30. The number of methoxy groups -OCH3 is 1. The van der Waals surface area contributed by atoms with E-state index < -0.39 is 6.67 Å². The van der Waals surface area contributed by atoms with Gasteiger partial charge in [0.1, 0.15) is 24.1 Å². The normalized spacial score (nSPS) is 16.6. The van der Waals surface area contributed by atoms with Crippen molar-refractivity contribution in [1.82, 2.24) is 20.2 Å². The van der Waals surface area contributed by atoms with Crippen LogP contribution >= 0.6 is 11.6 Å². The third kappa shape index (κ3) is 7.28. The predicted molar refractivity (Wildman–Crippen MR) is 153 cm³/mol. The Labute approximate surface area is 233 Å². The monoisotopic (exact) mass is 561 g/mol. The van der Waals surface area contributed by atoms with Gasteiger partial charge in [0.2, 0.25) is 17.7 Å². The molecule has 1 aliphatic carbocycles. The lowest BCUT2D eigenvalue weighted by molar-refractivity contribution is -0.111. The Morgan fingerprint density at radius 1 is 1.31 bits per heavy atom. The quantitative estimate of drug-likeness (QED) is 0.313. The number of nitrogens with one attached hydrogen (secondary N) is 3. The first-order valence-electron chi connectivity index (χ1n) is 13.1. The van der Waals surface area contributed by atoms with E-state index in [0.717, 1.165) is 44.5 Å². The van der Waals surface area contributed by atoms with Crippen LogP contribution in [-0.4, -0.2) is 86.5 Å². The van der Waals surface area contributed by atoms with Crippen LogP contribution in [0.15, 0.2) is 31.0 Å². The fourth-order valence-corrected chi connectivity index (χ4v) is 4.83. The summed E-state index contributed by atoms with van der Waals surface area (Å²) in [6.07, 6.45) is 6.51. The summed E-state index contributed by atoms with van der Waals surface area (Å²) in [5.41, 5.74) is 1.79. The van der Waals surface area contributed by atoms with Crippen LogP contribution in [0.1, 0.15) is 25.7 Å². The summed E-state index contributed by atoms with van der Waals surface area (Å²) in [5, 5.41) is 9.54. The van der Waals surface area contributed by atoms with Crippen molar-refractivity contribution in [3.8, 4) is 11.6 Å². The second kappa shape index (κ2) is 12.8. The molecule has 0 atom stereocenters. The molecule has 1 aromatic heterocycles. The van der Waals surface area contributed by atoms with Crippen molar-refractivity contribution in [2.75, 3.05) is 69.7 Å². The van der Waals surface area contributed by atoms with Crippen molar-refractivity contribution in [2.45, 2.75) is 37.3 Å². The van der Waals surface area contributed by atoms with Gasteiger partial charge in [-0.3, -0.25) is 4.79 Å². The van der Waals surface area contributed by atoms with Crippen LogP contribution in [0, 0.1) is 0 Å². The lowest BCUT2D eigenvalue weighted by atomic mass is 10.0. The molecule has 39 heavy (non-hydrogen) atoms. The van der Waals surface area contributed by atoms with E-state index in [9.17, 15) is 9.18 Å². The van der Waals surface area contributed by atoms with Crippen LogP contribution < -0.4 is 30.3 Å². The summed E-state index contributed by atoms with van der Waals surface area (Å²) in [5.74, 6) is 0.714. The van der Waals surface area contributed by atoms with E-state index >= 15 is 0 Å². The Morgan fingerprint density at radius 3 is 2.67 bits per heavy atom. The minimum Gasteiger partial charge on any atom is -0.494 e. The van der Waals surface area contributed by atoms with E-state index in [0.29, 0.717) is 29.8 Å². The molecule has 12 heteroatoms. The van der Waals surface area contributed by atoms with Crippen LogP contribution in [0.25, 0.3) is 0 Å². The zero-order valence-electron chi connectivity index (χ0n) is 22.7. The van der Waals surface area contributed by atoms with Gasteiger partial charge in [-0.05, 0) is 51.9 Å². The number of halogens is 2. The van der Waals surface area contributed by atoms with Gasteiger partial charge in [0, 0.05) is 31.7 Å². The van der Waals surface area contributed by atoms with Crippen molar-refractivity contribution in [3.63, 3.8) is 0 Å². The summed E-state index contributed by atoms with van der Waals surface area (Å²) in [4.78, 5) is 25.5. The zero-order valence-corrected chi connectivity index (χ0v) is 23.5. The molecular weight excluding hydrogens is 525 g/mol. The molecule has 2 fully saturated rings. The third-order valence-corrected chi connectivity index (χ3v) is 7.45. The number of rotatable bonds is 13. The van der Waals surface area contributed by atoms with Gasteiger partial charge in [0.25, 0.3) is 0 Å². The highest BCUT2D eigenvalue weighted by Crippen LogP contribution is 2.40. The molecule has 10 nitrogen and oxygen atoms in total. The van der Waals surface area contributed by atoms with E-state index in [4.69, 9.17) is 21.1 Å². The van der Waals surface area contributed by atoms with Crippen molar-refractivity contribution in [2.24, 2.45) is 0 Å². The molecule has 1 saturated heterocycles. The number of amides is 1. The maximum Gasteiger partial charge on any atom is 0.247 e. The van der Waals surface area contributed by atoms with Gasteiger partial charge >= 0.3 is 0 Å². The van der Waals surface area contributed by atoms with Gasteiger partial charge in [-0.25, -0.2) is 9.37 Å². The smallest absolute Gasteiger partial charge is 0.247 e. The van der Waals surface area contributed by atoms with Crippen LogP contribution in [0.3, 0.4) is 0 Å². The summed E-state index contributed by atoms with van der Waals surface area (Å²) in [7, 11) is 5.78. The minimum absolute atomic E-state index is 0.224. The Morgan fingerprint density at radius 2 is 2.05 bits per heavy atom. The number of carbonyl (C=O) groups is 1. The molecule has 0 radical (unpaired) electrons. The molecule has 1 saturated carbocycles. The van der Waals surface area contributed by atoms with Gasteiger partial charge in [-0.15, -0.1) is 0 Å². The first-order chi connectivity index (χ1) is 18.8. The molecule has 2 aliphatic rings. The molecule has 0 spiro atoms. The van der Waals surface area contributed by atoms with Gasteiger partial charge in [-0.2, -0.15) is 4.98 Å². The van der Waals surface area contributed by atoms with Gasteiger partial charge < -0.3 is 35.2 Å². The molecule has 1 aliphatic heterocycles. The highest BCUT2D eigenvalue weighted by molar-refractivity contribution is 6.31. The Kier molecular flexibility index (Phi) is 9.47. The molecule has 4 rings (SSSR count). The van der Waals surface area contributed by atoms with E-state index in [1.807, 2.05) is 6.07 Å². The number of hydrogen-bond donors (Lipinski definition) is 3. The number of alkyl halides is 1. The summed E-state index contributed by atoms with van der Waals surface area (Å²) in [6, 6.07) is 4.22. The summed E-state index contributed by atoms with van der Waals surface area (Å²) < 4.78 is 24.2. The maximum atomic E-state index is 12.6. The van der Waals surface area contributed by atoms with Crippen LogP contribution in [0.4, 0.5) is 27.4 Å². The lowest BCUT2D eigenvalue weighted by Crippen LogP contribution is -2.42. The number of nitrogens with zero attached hydrogens (tertiary/aromatic N) is 4. The third-order valence-electron chi connectivity index (χ3n) is 7.19. The number of benzene rings is 1. The average Bonchev–Trinajstić information content (AvgIpc) is 3.72. The van der Waals surface area contributed by atoms with Crippen molar-refractivity contribution in [3.05, 3.63) is 36.0 Å². The molecule has 1 amide bonds. The number of ether oxygens (including phenoxy) is 2. The molecule has 212 valence electrons. The van der Waals surface area contributed by atoms with E-state index in [1.54, 1.807) is 13.2 Å².